The fraction of sp³-hybridized carbons (Fsp3) is 0.0909. The Morgan fingerprint density at radius 3 is 2.44 bits per heavy atom. The molecule has 10 heteroatoms. The maximum absolute atomic E-state index is 13.1. The number of alkyl halides is 3. The van der Waals surface area contributed by atoms with Crippen molar-refractivity contribution < 1.29 is 13.2 Å². The van der Waals surface area contributed by atoms with E-state index < -0.39 is 11.9 Å². The summed E-state index contributed by atoms with van der Waals surface area (Å²) in [6, 6.07) is 12.7. The number of rotatable bonds is 2. The third-order valence-electron chi connectivity index (χ3n) is 5.26. The molecular formula is C22H15F3N6O. The number of nitrogen functional groups attached to an aromatic ring is 1. The molecule has 1 aromatic carbocycles. The van der Waals surface area contributed by atoms with Gasteiger partial charge in [-0.3, -0.25) is 14.3 Å². The van der Waals surface area contributed by atoms with Gasteiger partial charge < -0.3 is 5.73 Å². The summed E-state index contributed by atoms with van der Waals surface area (Å²) in [5.41, 5.74) is 7.49. The highest BCUT2D eigenvalue weighted by Gasteiger charge is 2.32. The largest absolute Gasteiger partial charge is 0.433 e. The monoisotopic (exact) mass is 436 g/mol. The molecule has 0 atom stereocenters. The number of hydrogen-bond acceptors (Lipinski definition) is 5. The second-order valence-corrected chi connectivity index (χ2v) is 7.29. The van der Waals surface area contributed by atoms with Crippen LogP contribution < -0.4 is 11.3 Å². The van der Waals surface area contributed by atoms with Crippen LogP contribution in [0.2, 0.25) is 0 Å². The average molecular weight is 436 g/mol. The summed E-state index contributed by atoms with van der Waals surface area (Å²) < 4.78 is 42.3. The predicted octanol–water partition coefficient (Wildman–Crippen LogP) is 3.91. The third kappa shape index (κ3) is 3.16. The van der Waals surface area contributed by atoms with E-state index in [4.69, 9.17) is 5.73 Å². The van der Waals surface area contributed by atoms with E-state index in [1.54, 1.807) is 48.1 Å². The number of halogens is 3. The summed E-state index contributed by atoms with van der Waals surface area (Å²) in [5.74, 6) is 0.387. The Morgan fingerprint density at radius 1 is 0.938 bits per heavy atom. The molecule has 32 heavy (non-hydrogen) atoms. The minimum atomic E-state index is -4.57. The van der Waals surface area contributed by atoms with Gasteiger partial charge in [-0.25, -0.2) is 9.50 Å². The van der Waals surface area contributed by atoms with Crippen molar-refractivity contribution in [2.75, 3.05) is 5.73 Å². The molecule has 0 unspecified atom stereocenters. The van der Waals surface area contributed by atoms with Crippen LogP contribution in [0.4, 0.5) is 19.0 Å². The van der Waals surface area contributed by atoms with Gasteiger partial charge in [-0.2, -0.15) is 18.3 Å². The van der Waals surface area contributed by atoms with Crippen molar-refractivity contribution in [3.05, 3.63) is 77.0 Å². The number of nitrogens with zero attached hydrogens (tertiary/aromatic N) is 5. The van der Waals surface area contributed by atoms with Crippen molar-refractivity contribution in [2.45, 2.75) is 6.18 Å². The van der Waals surface area contributed by atoms with E-state index in [1.165, 1.54) is 10.6 Å². The second kappa shape index (κ2) is 6.91. The van der Waals surface area contributed by atoms with Crippen LogP contribution in [0.5, 0.6) is 0 Å². The van der Waals surface area contributed by atoms with Crippen LogP contribution in [-0.4, -0.2) is 24.1 Å². The van der Waals surface area contributed by atoms with Crippen LogP contribution in [0, 0.1) is 0 Å². The molecule has 0 fully saturated rings. The van der Waals surface area contributed by atoms with Crippen molar-refractivity contribution in [1.82, 2.24) is 24.1 Å². The number of nitrogens with two attached hydrogens (primary N) is 1. The molecule has 0 radical (unpaired) electrons. The quantitative estimate of drug-likeness (QED) is 0.453. The third-order valence-corrected chi connectivity index (χ3v) is 5.26. The molecule has 0 saturated carbocycles. The van der Waals surface area contributed by atoms with Gasteiger partial charge in [0.2, 0.25) is 0 Å². The molecule has 4 heterocycles. The van der Waals surface area contributed by atoms with E-state index >= 15 is 0 Å². The zero-order chi connectivity index (χ0) is 22.6. The SMILES string of the molecule is Cn1c(=O)c2ccc(-c3ccc(N)nc3)cc2n2nc(-c3ccnc(C(F)(F)F)c3)cc12. The van der Waals surface area contributed by atoms with Crippen molar-refractivity contribution >= 4 is 22.4 Å². The number of anilines is 1. The number of pyridine rings is 2. The molecule has 160 valence electrons. The van der Waals surface area contributed by atoms with E-state index in [9.17, 15) is 18.0 Å². The molecule has 0 bridgehead atoms. The molecule has 5 rings (SSSR count). The smallest absolute Gasteiger partial charge is 0.384 e. The zero-order valence-corrected chi connectivity index (χ0v) is 16.6. The minimum Gasteiger partial charge on any atom is -0.384 e. The fourth-order valence-corrected chi connectivity index (χ4v) is 3.60. The molecule has 0 aliphatic rings. The molecule has 0 aliphatic carbocycles. The number of aromatic nitrogens is 5. The van der Waals surface area contributed by atoms with Gasteiger partial charge in [0.05, 0.1) is 16.6 Å². The Hall–Kier alpha value is -4.21. The molecule has 2 N–H and O–H groups in total. The van der Waals surface area contributed by atoms with Gasteiger partial charge >= 0.3 is 6.18 Å². The Balaban J connectivity index is 1.75. The first-order chi connectivity index (χ1) is 15.2. The molecule has 0 saturated heterocycles. The van der Waals surface area contributed by atoms with Crippen LogP contribution in [0.1, 0.15) is 5.69 Å². The van der Waals surface area contributed by atoms with Crippen molar-refractivity contribution in [3.8, 4) is 22.4 Å². The lowest BCUT2D eigenvalue weighted by atomic mass is 10.1. The van der Waals surface area contributed by atoms with E-state index in [2.05, 4.69) is 15.1 Å². The fourth-order valence-electron chi connectivity index (χ4n) is 3.60. The van der Waals surface area contributed by atoms with Gasteiger partial charge in [-0.15, -0.1) is 0 Å². The second-order valence-electron chi connectivity index (χ2n) is 7.29. The number of fused-ring (bicyclic) bond motifs is 3. The van der Waals surface area contributed by atoms with Gasteiger partial charge in [-0.1, -0.05) is 6.07 Å². The summed E-state index contributed by atoms with van der Waals surface area (Å²) in [6.07, 6.45) is -1.86. The summed E-state index contributed by atoms with van der Waals surface area (Å²) in [6.45, 7) is 0. The van der Waals surface area contributed by atoms with E-state index in [0.29, 0.717) is 28.1 Å². The Bertz CT molecular complexity index is 1550. The molecular weight excluding hydrogens is 421 g/mol. The van der Waals surface area contributed by atoms with Crippen molar-refractivity contribution in [2.24, 2.45) is 7.05 Å². The van der Waals surface area contributed by atoms with Gasteiger partial charge in [0.1, 0.15) is 17.2 Å². The lowest BCUT2D eigenvalue weighted by Gasteiger charge is -2.08. The molecule has 4 aromatic heterocycles. The van der Waals surface area contributed by atoms with E-state index in [-0.39, 0.29) is 11.1 Å². The molecule has 0 spiro atoms. The van der Waals surface area contributed by atoms with Gasteiger partial charge in [0.25, 0.3) is 5.56 Å². The van der Waals surface area contributed by atoms with Gasteiger partial charge in [0, 0.05) is 36.6 Å². The average Bonchev–Trinajstić information content (AvgIpc) is 3.23. The highest BCUT2D eigenvalue weighted by Crippen LogP contribution is 2.31. The standard InChI is InChI=1S/C22H15F3N6O/c1-30-20-10-16(13-6-7-27-18(9-13)22(23,24)25)29-31(20)17-8-12(2-4-15(17)21(30)32)14-3-5-19(26)28-11-14/h2-11H,1H3,(H2,26,28). The van der Waals surface area contributed by atoms with Gasteiger partial charge in [0.15, 0.2) is 0 Å². The maximum atomic E-state index is 13.1. The normalized spacial score (nSPS) is 12.0. The van der Waals surface area contributed by atoms with E-state index in [0.717, 1.165) is 23.4 Å². The lowest BCUT2D eigenvalue weighted by molar-refractivity contribution is -0.141. The van der Waals surface area contributed by atoms with E-state index in [1.807, 2.05) is 6.07 Å². The zero-order valence-electron chi connectivity index (χ0n) is 16.6. The number of hydrogen-bond donors (Lipinski definition) is 1. The Labute approximate surface area is 178 Å². The maximum Gasteiger partial charge on any atom is 0.433 e. The van der Waals surface area contributed by atoms with Crippen LogP contribution in [0.15, 0.2) is 65.7 Å². The molecule has 0 aliphatic heterocycles. The molecule has 0 amide bonds. The first-order valence-corrected chi connectivity index (χ1v) is 9.50. The summed E-state index contributed by atoms with van der Waals surface area (Å²) in [7, 11) is 1.59. The van der Waals surface area contributed by atoms with Crippen LogP contribution in [0.25, 0.3) is 38.9 Å². The lowest BCUT2D eigenvalue weighted by Crippen LogP contribution is -2.19. The van der Waals surface area contributed by atoms with Crippen LogP contribution in [-0.2, 0) is 13.2 Å². The predicted molar refractivity (Wildman–Crippen MR) is 114 cm³/mol. The molecule has 7 nitrogen and oxygen atoms in total. The minimum absolute atomic E-state index is 0.244. The van der Waals surface area contributed by atoms with Crippen molar-refractivity contribution in [3.63, 3.8) is 0 Å². The Morgan fingerprint density at radius 2 is 1.72 bits per heavy atom. The van der Waals surface area contributed by atoms with Gasteiger partial charge in [-0.05, 0) is 42.0 Å². The Kier molecular flexibility index (Phi) is 4.26. The van der Waals surface area contributed by atoms with Crippen LogP contribution in [0.3, 0.4) is 0 Å². The summed E-state index contributed by atoms with van der Waals surface area (Å²) in [5, 5.41) is 4.93. The molecule has 5 aromatic rings. The number of aryl methyl sites for hydroxylation is 1. The van der Waals surface area contributed by atoms with Crippen LogP contribution >= 0.6 is 0 Å². The topological polar surface area (TPSA) is 91.1 Å². The first kappa shape index (κ1) is 19.7. The first-order valence-electron chi connectivity index (χ1n) is 9.50. The highest BCUT2D eigenvalue weighted by atomic mass is 19.4. The summed E-state index contributed by atoms with van der Waals surface area (Å²) in [4.78, 5) is 20.4. The number of benzene rings is 1. The highest BCUT2D eigenvalue weighted by molar-refractivity contribution is 5.86. The van der Waals surface area contributed by atoms with Crippen molar-refractivity contribution in [1.29, 1.82) is 0 Å². The summed E-state index contributed by atoms with van der Waals surface area (Å²) >= 11 is 0.